The van der Waals surface area contributed by atoms with Crippen molar-refractivity contribution < 1.29 is 19.4 Å². The molecule has 24 heavy (non-hydrogen) atoms. The number of benzene rings is 2. The predicted molar refractivity (Wildman–Crippen MR) is 88.9 cm³/mol. The molecule has 0 fully saturated rings. The highest BCUT2D eigenvalue weighted by molar-refractivity contribution is 6.02. The van der Waals surface area contributed by atoms with Crippen LogP contribution in [0.5, 0.6) is 11.5 Å². The first-order valence-corrected chi connectivity index (χ1v) is 7.22. The van der Waals surface area contributed by atoms with Crippen molar-refractivity contribution in [3.05, 3.63) is 54.1 Å². The fourth-order valence-corrected chi connectivity index (χ4v) is 2.45. The van der Waals surface area contributed by atoms with E-state index in [1.165, 1.54) is 6.07 Å². The van der Waals surface area contributed by atoms with Gasteiger partial charge in [0, 0.05) is 17.0 Å². The van der Waals surface area contributed by atoms with E-state index in [0.717, 1.165) is 0 Å². The Morgan fingerprint density at radius 2 is 1.88 bits per heavy atom. The normalized spacial score (nSPS) is 10.4. The number of aromatic nitrogens is 1. The van der Waals surface area contributed by atoms with E-state index in [4.69, 9.17) is 9.47 Å². The number of aromatic carboxylic acids is 1. The van der Waals surface area contributed by atoms with Crippen molar-refractivity contribution in [2.45, 2.75) is 0 Å². The van der Waals surface area contributed by atoms with Gasteiger partial charge in [-0.2, -0.15) is 0 Å². The van der Waals surface area contributed by atoms with Crippen LogP contribution in [0, 0.1) is 0 Å². The van der Waals surface area contributed by atoms with E-state index in [0.29, 0.717) is 33.9 Å². The highest BCUT2D eigenvalue weighted by Gasteiger charge is 2.10. The molecule has 0 amide bonds. The predicted octanol–water partition coefficient (Wildman–Crippen LogP) is 2.36. The number of hydrogen-bond donors (Lipinski definition) is 1. The number of rotatable bonds is 5. The first kappa shape index (κ1) is 15.6. The van der Waals surface area contributed by atoms with Crippen LogP contribution in [0.15, 0.2) is 48.5 Å². The van der Waals surface area contributed by atoms with Crippen molar-refractivity contribution in [1.82, 2.24) is 4.98 Å². The molecule has 0 bridgehead atoms. The second kappa shape index (κ2) is 6.45. The third kappa shape index (κ3) is 2.94. The zero-order valence-corrected chi connectivity index (χ0v) is 13.2. The summed E-state index contributed by atoms with van der Waals surface area (Å²) >= 11 is 0. The Morgan fingerprint density at radius 1 is 1.08 bits per heavy atom. The number of nitrogens with one attached hydrogen (secondary N) is 1. The van der Waals surface area contributed by atoms with Gasteiger partial charge in [-0.05, 0) is 24.3 Å². The van der Waals surface area contributed by atoms with Gasteiger partial charge in [-0.15, -0.1) is 0 Å². The van der Waals surface area contributed by atoms with Gasteiger partial charge in [0.2, 0.25) is 0 Å². The molecule has 2 aromatic carbocycles. The number of hydrogen-bond acceptors (Lipinski definition) is 6. The third-order valence-electron chi connectivity index (χ3n) is 3.61. The van der Waals surface area contributed by atoms with Crippen molar-refractivity contribution in [3.8, 4) is 11.5 Å². The number of carboxylic acid groups (broad SMARTS) is 1. The number of nitrogens with zero attached hydrogens (tertiary/aromatic N) is 1. The van der Waals surface area contributed by atoms with Gasteiger partial charge in [-0.3, -0.25) is 0 Å². The number of para-hydroxylation sites is 1. The average Bonchev–Trinajstić information content (AvgIpc) is 2.61. The van der Waals surface area contributed by atoms with Crippen molar-refractivity contribution in [2.24, 2.45) is 0 Å². The molecule has 1 heterocycles. The van der Waals surface area contributed by atoms with Crippen molar-refractivity contribution in [3.63, 3.8) is 0 Å². The monoisotopic (exact) mass is 323 g/mol. The van der Waals surface area contributed by atoms with Crippen LogP contribution in [0.3, 0.4) is 0 Å². The van der Waals surface area contributed by atoms with Gasteiger partial charge < -0.3 is 24.7 Å². The first-order valence-electron chi connectivity index (χ1n) is 7.22. The molecule has 0 aliphatic carbocycles. The van der Waals surface area contributed by atoms with Crippen LogP contribution in [-0.4, -0.2) is 25.2 Å². The fourth-order valence-electron chi connectivity index (χ4n) is 2.45. The molecule has 3 aromatic rings. The molecule has 0 spiro atoms. The second-order valence-electron chi connectivity index (χ2n) is 5.05. The van der Waals surface area contributed by atoms with Gasteiger partial charge in [-0.1, -0.05) is 18.2 Å². The second-order valence-corrected chi connectivity index (χ2v) is 5.05. The summed E-state index contributed by atoms with van der Waals surface area (Å²) in [4.78, 5) is 15.9. The lowest BCUT2D eigenvalue weighted by molar-refractivity contribution is -0.254. The molecule has 1 aromatic heterocycles. The van der Waals surface area contributed by atoms with Gasteiger partial charge in [-0.25, -0.2) is 4.98 Å². The maximum atomic E-state index is 11.4. The average molecular weight is 323 g/mol. The van der Waals surface area contributed by atoms with Crippen LogP contribution in [0.25, 0.3) is 10.9 Å². The van der Waals surface area contributed by atoms with Crippen LogP contribution in [-0.2, 0) is 0 Å². The van der Waals surface area contributed by atoms with E-state index >= 15 is 0 Å². The fraction of sp³-hybridized carbons (Fsp3) is 0.111. The summed E-state index contributed by atoms with van der Waals surface area (Å²) in [5.74, 6) is 0.341. The zero-order chi connectivity index (χ0) is 17.1. The molecular weight excluding hydrogens is 308 g/mol. The molecule has 0 aliphatic heterocycles. The molecule has 1 N–H and O–H groups in total. The van der Waals surface area contributed by atoms with Gasteiger partial charge in [0.15, 0.2) is 0 Å². The van der Waals surface area contributed by atoms with Gasteiger partial charge in [0.1, 0.15) is 17.3 Å². The molecule has 0 saturated carbocycles. The molecule has 122 valence electrons. The molecule has 3 rings (SSSR count). The molecule has 0 atom stereocenters. The number of fused-ring (bicyclic) bond motifs is 1. The summed E-state index contributed by atoms with van der Waals surface area (Å²) in [6, 6.07) is 13.7. The number of pyridine rings is 1. The van der Waals surface area contributed by atoms with Crippen LogP contribution in [0.4, 0.5) is 11.5 Å². The lowest BCUT2D eigenvalue weighted by atomic mass is 10.1. The van der Waals surface area contributed by atoms with Crippen LogP contribution in [0.1, 0.15) is 10.4 Å². The van der Waals surface area contributed by atoms with Crippen molar-refractivity contribution in [1.29, 1.82) is 0 Å². The lowest BCUT2D eigenvalue weighted by Crippen LogP contribution is -2.22. The zero-order valence-electron chi connectivity index (χ0n) is 13.2. The minimum Gasteiger partial charge on any atom is -0.545 e. The van der Waals surface area contributed by atoms with Crippen molar-refractivity contribution >= 4 is 28.4 Å². The van der Waals surface area contributed by atoms with Gasteiger partial charge in [0.05, 0.1) is 31.4 Å². The molecular formula is C18H15N2O4-. The Kier molecular flexibility index (Phi) is 4.20. The summed E-state index contributed by atoms with van der Waals surface area (Å²) in [6.45, 7) is 0. The topological polar surface area (TPSA) is 83.5 Å². The van der Waals surface area contributed by atoms with Crippen LogP contribution in [0.2, 0.25) is 0 Å². The molecule has 0 radical (unpaired) electrons. The third-order valence-corrected chi connectivity index (χ3v) is 3.61. The van der Waals surface area contributed by atoms with Crippen LogP contribution >= 0.6 is 0 Å². The molecule has 0 unspecified atom stereocenters. The number of carbonyl (C=O) groups excluding carboxylic acids is 1. The number of carbonyl (C=O) groups is 1. The molecule has 0 aliphatic rings. The number of carboxylic acids is 1. The largest absolute Gasteiger partial charge is 0.545 e. The minimum absolute atomic E-state index is 0.0792. The van der Waals surface area contributed by atoms with E-state index in [1.54, 1.807) is 56.7 Å². The smallest absolute Gasteiger partial charge is 0.146 e. The quantitative estimate of drug-likeness (QED) is 0.776. The first-order chi connectivity index (χ1) is 11.6. The van der Waals surface area contributed by atoms with E-state index in [1.807, 2.05) is 0 Å². The Bertz CT molecular complexity index is 909. The Balaban J connectivity index is 2.06. The lowest BCUT2D eigenvalue weighted by Gasteiger charge is -2.14. The minimum atomic E-state index is -1.25. The van der Waals surface area contributed by atoms with Crippen molar-refractivity contribution in [2.75, 3.05) is 19.5 Å². The summed E-state index contributed by atoms with van der Waals surface area (Å²) < 4.78 is 10.5. The number of methoxy groups -OCH3 is 2. The van der Waals surface area contributed by atoms with E-state index in [9.17, 15) is 9.90 Å². The maximum absolute atomic E-state index is 11.4. The Morgan fingerprint density at radius 3 is 2.58 bits per heavy atom. The number of ether oxygens (including phenoxy) is 2. The van der Waals surface area contributed by atoms with Gasteiger partial charge >= 0.3 is 0 Å². The highest BCUT2D eigenvalue weighted by Crippen LogP contribution is 2.32. The van der Waals surface area contributed by atoms with E-state index in [-0.39, 0.29) is 5.56 Å². The highest BCUT2D eigenvalue weighted by atomic mass is 16.5. The van der Waals surface area contributed by atoms with Crippen LogP contribution < -0.4 is 19.9 Å². The summed E-state index contributed by atoms with van der Waals surface area (Å²) in [7, 11) is 3.11. The van der Waals surface area contributed by atoms with E-state index < -0.39 is 5.97 Å². The van der Waals surface area contributed by atoms with E-state index in [2.05, 4.69) is 10.3 Å². The summed E-state index contributed by atoms with van der Waals surface area (Å²) in [5.41, 5.74) is 1.29. The molecule has 0 saturated heterocycles. The molecule has 6 heteroatoms. The SMILES string of the molecule is COc1ccc(Nc2cc(C(=O)[O-])c3ccccc3n2)c(OC)c1. The van der Waals surface area contributed by atoms with Gasteiger partial charge in [0.25, 0.3) is 0 Å². The summed E-state index contributed by atoms with van der Waals surface area (Å²) in [6.07, 6.45) is 0. The molecule has 6 nitrogen and oxygen atoms in total. The Hall–Kier alpha value is -3.28. The number of anilines is 2. The Labute approximate surface area is 138 Å². The maximum Gasteiger partial charge on any atom is 0.146 e. The summed E-state index contributed by atoms with van der Waals surface area (Å²) in [5, 5.41) is 15.0. The standard InChI is InChI=1S/C18H16N2O4/c1-23-11-7-8-15(16(9-11)24-2)20-17-10-13(18(21)22)12-5-3-4-6-14(12)19-17/h3-10H,1-2H3,(H,19,20)(H,21,22)/p-1.